The lowest BCUT2D eigenvalue weighted by Crippen LogP contribution is -2.45. The van der Waals surface area contributed by atoms with E-state index in [-0.39, 0.29) is 18.1 Å². The summed E-state index contributed by atoms with van der Waals surface area (Å²) in [5.74, 6) is 0.0304. The van der Waals surface area contributed by atoms with Crippen LogP contribution in [-0.2, 0) is 4.79 Å². The predicted octanol–water partition coefficient (Wildman–Crippen LogP) is 1.19. The Morgan fingerprint density at radius 3 is 2.77 bits per heavy atom. The van der Waals surface area contributed by atoms with Gasteiger partial charge in [-0.3, -0.25) is 4.79 Å². The number of carbonyl (C=O) groups is 1. The largest absolute Gasteiger partial charge is 0.391 e. The Morgan fingerprint density at radius 2 is 2.15 bits per heavy atom. The molecule has 0 heterocycles. The average molecular weight is 250 g/mol. The highest BCUT2D eigenvalue weighted by atomic mass is 79.9. The standard InChI is InChI=1S/C9H16BrNO2/c10-6-5-9(13)11-7-3-1-2-4-8(7)12/h7-8,12H,1-6H2,(H,11,13)/t7-,8-/m1/s1. The second kappa shape index (κ2) is 5.60. The molecule has 1 rings (SSSR count). The van der Waals surface area contributed by atoms with E-state index in [0.29, 0.717) is 11.8 Å². The van der Waals surface area contributed by atoms with E-state index in [1.807, 2.05) is 0 Å². The third-order valence-electron chi connectivity index (χ3n) is 2.40. The first kappa shape index (κ1) is 11.0. The summed E-state index contributed by atoms with van der Waals surface area (Å²) in [4.78, 5) is 11.2. The molecule has 0 aromatic carbocycles. The Balaban J connectivity index is 2.29. The van der Waals surface area contributed by atoms with Gasteiger partial charge >= 0.3 is 0 Å². The molecule has 1 aliphatic carbocycles. The summed E-state index contributed by atoms with van der Waals surface area (Å²) in [5.41, 5.74) is 0. The van der Waals surface area contributed by atoms with Crippen molar-refractivity contribution in [2.75, 3.05) is 5.33 Å². The number of halogens is 1. The molecule has 13 heavy (non-hydrogen) atoms. The van der Waals surface area contributed by atoms with Crippen molar-refractivity contribution in [3.63, 3.8) is 0 Å². The fraction of sp³-hybridized carbons (Fsp3) is 0.889. The van der Waals surface area contributed by atoms with Crippen molar-refractivity contribution in [3.05, 3.63) is 0 Å². The van der Waals surface area contributed by atoms with E-state index >= 15 is 0 Å². The summed E-state index contributed by atoms with van der Waals surface area (Å²) in [6.45, 7) is 0. The molecule has 0 unspecified atom stereocenters. The van der Waals surface area contributed by atoms with E-state index in [1.165, 1.54) is 0 Å². The van der Waals surface area contributed by atoms with Crippen LogP contribution in [0.15, 0.2) is 0 Å². The minimum atomic E-state index is -0.340. The van der Waals surface area contributed by atoms with Crippen molar-refractivity contribution in [1.29, 1.82) is 0 Å². The highest BCUT2D eigenvalue weighted by molar-refractivity contribution is 9.09. The zero-order valence-corrected chi connectivity index (χ0v) is 9.22. The summed E-state index contributed by atoms with van der Waals surface area (Å²) in [6, 6.07) is -0.0136. The van der Waals surface area contributed by atoms with Gasteiger partial charge in [0.1, 0.15) is 0 Å². The zero-order valence-electron chi connectivity index (χ0n) is 7.63. The van der Waals surface area contributed by atoms with Crippen LogP contribution < -0.4 is 5.32 Å². The van der Waals surface area contributed by atoms with Gasteiger partial charge in [0.05, 0.1) is 12.1 Å². The summed E-state index contributed by atoms with van der Waals surface area (Å²) in [5, 5.41) is 13.1. The van der Waals surface area contributed by atoms with Crippen LogP contribution in [0.5, 0.6) is 0 Å². The van der Waals surface area contributed by atoms with Gasteiger partial charge in [0.25, 0.3) is 0 Å². The van der Waals surface area contributed by atoms with Crippen LogP contribution in [0.4, 0.5) is 0 Å². The van der Waals surface area contributed by atoms with Gasteiger partial charge in [-0.2, -0.15) is 0 Å². The Hall–Kier alpha value is -0.0900. The average Bonchev–Trinajstić information content (AvgIpc) is 2.09. The molecule has 76 valence electrons. The monoisotopic (exact) mass is 249 g/mol. The summed E-state index contributed by atoms with van der Waals surface area (Å²) in [7, 11) is 0. The number of hydrogen-bond donors (Lipinski definition) is 2. The van der Waals surface area contributed by atoms with Gasteiger partial charge in [0.2, 0.25) is 5.91 Å². The molecule has 0 aromatic rings. The second-order valence-corrected chi connectivity index (χ2v) is 4.26. The number of aliphatic hydroxyl groups excluding tert-OH is 1. The van der Waals surface area contributed by atoms with Crippen molar-refractivity contribution in [2.24, 2.45) is 0 Å². The molecule has 4 heteroatoms. The number of amides is 1. The minimum absolute atomic E-state index is 0.0136. The van der Waals surface area contributed by atoms with Crippen LogP contribution in [0.2, 0.25) is 0 Å². The van der Waals surface area contributed by atoms with Gasteiger partial charge in [-0.25, -0.2) is 0 Å². The first-order chi connectivity index (χ1) is 6.24. The molecule has 0 saturated heterocycles. The van der Waals surface area contributed by atoms with Crippen molar-refractivity contribution in [1.82, 2.24) is 5.32 Å². The first-order valence-electron chi connectivity index (χ1n) is 4.77. The van der Waals surface area contributed by atoms with E-state index in [4.69, 9.17) is 0 Å². The molecular formula is C9H16BrNO2. The molecule has 2 N–H and O–H groups in total. The van der Waals surface area contributed by atoms with Gasteiger partial charge in [-0.15, -0.1) is 0 Å². The molecule has 0 aromatic heterocycles. The van der Waals surface area contributed by atoms with Gasteiger partial charge in [-0.1, -0.05) is 28.8 Å². The van der Waals surface area contributed by atoms with Gasteiger partial charge < -0.3 is 10.4 Å². The SMILES string of the molecule is O=C(CCBr)N[C@@H]1CCCC[C@H]1O. The third kappa shape index (κ3) is 3.65. The number of aliphatic hydroxyl groups is 1. The van der Waals surface area contributed by atoms with Gasteiger partial charge in [-0.05, 0) is 12.8 Å². The molecule has 2 atom stereocenters. The highest BCUT2D eigenvalue weighted by Gasteiger charge is 2.23. The Morgan fingerprint density at radius 1 is 1.46 bits per heavy atom. The maximum Gasteiger partial charge on any atom is 0.221 e. The molecule has 0 bridgehead atoms. The molecule has 0 radical (unpaired) electrons. The van der Waals surface area contributed by atoms with Crippen LogP contribution in [0.1, 0.15) is 32.1 Å². The lowest BCUT2D eigenvalue weighted by molar-refractivity contribution is -0.122. The van der Waals surface area contributed by atoms with E-state index < -0.39 is 0 Å². The lowest BCUT2D eigenvalue weighted by Gasteiger charge is -2.28. The normalized spacial score (nSPS) is 28.5. The Bertz CT molecular complexity index is 175. The van der Waals surface area contributed by atoms with Crippen molar-refractivity contribution >= 4 is 21.8 Å². The second-order valence-electron chi connectivity index (χ2n) is 3.46. The third-order valence-corrected chi connectivity index (χ3v) is 2.79. The van der Waals surface area contributed by atoms with Crippen molar-refractivity contribution in [2.45, 2.75) is 44.2 Å². The Kier molecular flexibility index (Phi) is 4.73. The summed E-state index contributed by atoms with van der Waals surface area (Å²) >= 11 is 3.21. The molecule has 0 spiro atoms. The topological polar surface area (TPSA) is 49.3 Å². The van der Waals surface area contributed by atoms with E-state index in [2.05, 4.69) is 21.2 Å². The van der Waals surface area contributed by atoms with Crippen LogP contribution >= 0.6 is 15.9 Å². The van der Waals surface area contributed by atoms with Gasteiger partial charge in [0.15, 0.2) is 0 Å². The molecule has 0 aliphatic heterocycles. The highest BCUT2D eigenvalue weighted by Crippen LogP contribution is 2.18. The number of rotatable bonds is 3. The lowest BCUT2D eigenvalue weighted by atomic mass is 9.92. The zero-order chi connectivity index (χ0) is 9.68. The quantitative estimate of drug-likeness (QED) is 0.739. The Labute approximate surface area is 87.0 Å². The smallest absolute Gasteiger partial charge is 0.221 e. The van der Waals surface area contributed by atoms with E-state index in [9.17, 15) is 9.90 Å². The molecule has 3 nitrogen and oxygen atoms in total. The van der Waals surface area contributed by atoms with E-state index in [1.54, 1.807) is 0 Å². The number of nitrogens with one attached hydrogen (secondary N) is 1. The van der Waals surface area contributed by atoms with Crippen molar-refractivity contribution in [3.8, 4) is 0 Å². The minimum Gasteiger partial charge on any atom is -0.391 e. The fourth-order valence-electron chi connectivity index (χ4n) is 1.64. The van der Waals surface area contributed by atoms with E-state index in [0.717, 1.165) is 25.7 Å². The molecule has 1 aliphatic rings. The first-order valence-corrected chi connectivity index (χ1v) is 5.89. The van der Waals surface area contributed by atoms with Crippen LogP contribution in [-0.4, -0.2) is 28.5 Å². The molecule has 1 saturated carbocycles. The maximum absolute atomic E-state index is 11.2. The predicted molar refractivity (Wildman–Crippen MR) is 54.8 cm³/mol. The number of hydrogen-bond acceptors (Lipinski definition) is 2. The summed E-state index contributed by atoms with van der Waals surface area (Å²) < 4.78 is 0. The fourth-order valence-corrected chi connectivity index (χ4v) is 2.00. The van der Waals surface area contributed by atoms with Crippen LogP contribution in [0.3, 0.4) is 0 Å². The number of alkyl halides is 1. The number of carbonyl (C=O) groups excluding carboxylic acids is 1. The maximum atomic E-state index is 11.2. The summed E-state index contributed by atoms with van der Waals surface area (Å²) in [6.07, 6.45) is 4.06. The molecule has 1 amide bonds. The van der Waals surface area contributed by atoms with Crippen LogP contribution in [0, 0.1) is 0 Å². The van der Waals surface area contributed by atoms with Gasteiger partial charge in [0, 0.05) is 11.8 Å². The molecule has 1 fully saturated rings. The van der Waals surface area contributed by atoms with Crippen LogP contribution in [0.25, 0.3) is 0 Å². The van der Waals surface area contributed by atoms with Crippen molar-refractivity contribution < 1.29 is 9.90 Å². The molecular weight excluding hydrogens is 234 g/mol.